The van der Waals surface area contributed by atoms with Gasteiger partial charge in [-0.15, -0.1) is 0 Å². The molecule has 3 aliphatic rings. The number of anilines is 2. The summed E-state index contributed by atoms with van der Waals surface area (Å²) >= 11 is 0. The summed E-state index contributed by atoms with van der Waals surface area (Å²) in [6.07, 6.45) is 8.12. The number of benzene rings is 1. The number of nitrogens with zero attached hydrogens (tertiary/aromatic N) is 5. The Bertz CT molecular complexity index is 1380. The van der Waals surface area contributed by atoms with E-state index in [1.165, 1.54) is 18.9 Å². The van der Waals surface area contributed by atoms with Crippen molar-refractivity contribution in [2.45, 2.75) is 51.1 Å². The first kappa shape index (κ1) is 23.5. The Kier molecular flexibility index (Phi) is 6.06. The summed E-state index contributed by atoms with van der Waals surface area (Å²) < 4.78 is 8.25. The Morgan fingerprint density at radius 1 is 1.14 bits per heavy atom. The molecule has 1 aromatic carbocycles. The molecule has 0 unspecified atom stereocenters. The molecule has 9 nitrogen and oxygen atoms in total. The third-order valence-electron chi connectivity index (χ3n) is 7.54. The Morgan fingerprint density at radius 2 is 2.00 bits per heavy atom. The number of fused-ring (bicyclic) bond motifs is 3. The molecule has 1 saturated carbocycles. The van der Waals surface area contributed by atoms with Crippen LogP contribution < -0.4 is 15.0 Å². The molecule has 0 bridgehead atoms. The van der Waals surface area contributed by atoms with Crippen LogP contribution in [-0.2, 0) is 4.79 Å². The number of amides is 2. The molecular formula is C28H32N6O3. The number of likely N-dealkylation sites (tertiary alicyclic amines) is 1. The minimum absolute atomic E-state index is 0.0552. The van der Waals surface area contributed by atoms with Crippen molar-refractivity contribution in [1.82, 2.24) is 19.4 Å². The molecule has 0 radical (unpaired) electrons. The van der Waals surface area contributed by atoms with Crippen molar-refractivity contribution in [1.29, 1.82) is 0 Å². The highest BCUT2D eigenvalue weighted by Crippen LogP contribution is 2.46. The van der Waals surface area contributed by atoms with E-state index in [-0.39, 0.29) is 17.9 Å². The average molecular weight is 501 g/mol. The fourth-order valence-electron chi connectivity index (χ4n) is 5.63. The standard InChI is InChI=1S/C28H32N6O3/c1-3-24(35)32-13-5-4-6-21(17-32)34-25-22(9-10-23-26(25)33(14-15-37-23)20-7-8-20)30-28(34)31-27(36)19-11-12-29-18(2)16-19/h3,9-12,16,20-21H,1,4-8,13-15,17H2,2H3,(H,30,31,36)/t21-/m1/s1. The zero-order valence-electron chi connectivity index (χ0n) is 21.2. The van der Waals surface area contributed by atoms with Crippen molar-refractivity contribution in [3.63, 3.8) is 0 Å². The fraction of sp³-hybridized carbons (Fsp3) is 0.429. The largest absolute Gasteiger partial charge is 0.489 e. The highest BCUT2D eigenvalue weighted by molar-refractivity contribution is 6.05. The maximum atomic E-state index is 13.3. The number of carbonyl (C=O) groups is 2. The molecule has 1 saturated heterocycles. The van der Waals surface area contributed by atoms with Crippen LogP contribution in [0.5, 0.6) is 5.75 Å². The van der Waals surface area contributed by atoms with Gasteiger partial charge in [-0.05, 0) is 69.4 Å². The van der Waals surface area contributed by atoms with E-state index in [9.17, 15) is 9.59 Å². The second-order valence-electron chi connectivity index (χ2n) is 10.1. The van der Waals surface area contributed by atoms with Crippen LogP contribution >= 0.6 is 0 Å². The van der Waals surface area contributed by atoms with Gasteiger partial charge in [0.15, 0.2) is 0 Å². The second kappa shape index (κ2) is 9.53. The highest BCUT2D eigenvalue weighted by Gasteiger charge is 2.37. The lowest BCUT2D eigenvalue weighted by Crippen LogP contribution is -2.36. The number of pyridine rings is 1. The minimum atomic E-state index is -0.237. The lowest BCUT2D eigenvalue weighted by Gasteiger charge is -2.33. The number of rotatable bonds is 5. The van der Waals surface area contributed by atoms with Crippen molar-refractivity contribution in [3.05, 3.63) is 54.4 Å². The normalized spacial score (nSPS) is 19.6. The monoisotopic (exact) mass is 500 g/mol. The van der Waals surface area contributed by atoms with Crippen LogP contribution in [-0.4, -0.2) is 63.5 Å². The summed E-state index contributed by atoms with van der Waals surface area (Å²) in [5.74, 6) is 1.03. The van der Waals surface area contributed by atoms with Crippen molar-refractivity contribution >= 4 is 34.5 Å². The molecular weight excluding hydrogens is 468 g/mol. The molecule has 192 valence electrons. The summed E-state index contributed by atoms with van der Waals surface area (Å²) in [6, 6.07) is 7.88. The van der Waals surface area contributed by atoms with E-state index in [0.717, 1.165) is 54.0 Å². The van der Waals surface area contributed by atoms with Crippen LogP contribution in [0.15, 0.2) is 43.1 Å². The Hall–Kier alpha value is -3.88. The Balaban J connectivity index is 1.50. The lowest BCUT2D eigenvalue weighted by atomic mass is 10.1. The lowest BCUT2D eigenvalue weighted by molar-refractivity contribution is -0.126. The summed E-state index contributed by atoms with van der Waals surface area (Å²) in [6.45, 7) is 8.26. The van der Waals surface area contributed by atoms with E-state index in [0.29, 0.717) is 37.3 Å². The van der Waals surface area contributed by atoms with Crippen LogP contribution in [0.1, 0.15) is 54.2 Å². The van der Waals surface area contributed by atoms with E-state index in [1.807, 2.05) is 24.0 Å². The van der Waals surface area contributed by atoms with Gasteiger partial charge in [0.2, 0.25) is 11.9 Å². The number of aromatic nitrogens is 3. The second-order valence-corrected chi connectivity index (χ2v) is 10.1. The van der Waals surface area contributed by atoms with Crippen LogP contribution in [0.4, 0.5) is 11.6 Å². The van der Waals surface area contributed by atoms with Crippen LogP contribution in [0.3, 0.4) is 0 Å². The number of hydrogen-bond donors (Lipinski definition) is 1. The van der Waals surface area contributed by atoms with E-state index in [4.69, 9.17) is 9.72 Å². The summed E-state index contributed by atoms with van der Waals surface area (Å²) in [5, 5.41) is 3.09. The van der Waals surface area contributed by atoms with Crippen molar-refractivity contribution < 1.29 is 14.3 Å². The molecule has 1 aliphatic carbocycles. The number of hydrogen-bond acceptors (Lipinski definition) is 6. The Morgan fingerprint density at radius 3 is 2.78 bits per heavy atom. The first-order chi connectivity index (χ1) is 18.0. The van der Waals surface area contributed by atoms with E-state index in [2.05, 4.69) is 26.3 Å². The molecule has 4 heterocycles. The molecule has 2 aromatic heterocycles. The molecule has 2 aliphatic heterocycles. The smallest absolute Gasteiger partial charge is 0.258 e. The molecule has 0 spiro atoms. The van der Waals surface area contributed by atoms with Gasteiger partial charge in [0.25, 0.3) is 5.91 Å². The predicted molar refractivity (Wildman–Crippen MR) is 142 cm³/mol. The maximum Gasteiger partial charge on any atom is 0.258 e. The van der Waals surface area contributed by atoms with Crippen molar-refractivity contribution in [3.8, 4) is 5.75 Å². The number of carbonyl (C=O) groups excluding carboxylic acids is 2. The molecule has 3 aromatic rings. The molecule has 6 rings (SSSR count). The minimum Gasteiger partial charge on any atom is -0.489 e. The van der Waals surface area contributed by atoms with Gasteiger partial charge in [-0.1, -0.05) is 6.58 Å². The third kappa shape index (κ3) is 4.43. The van der Waals surface area contributed by atoms with Gasteiger partial charge in [0.1, 0.15) is 18.0 Å². The van der Waals surface area contributed by atoms with Crippen LogP contribution in [0.2, 0.25) is 0 Å². The summed E-state index contributed by atoms with van der Waals surface area (Å²) in [5.41, 5.74) is 4.12. The van der Waals surface area contributed by atoms with Gasteiger partial charge >= 0.3 is 0 Å². The van der Waals surface area contributed by atoms with Crippen molar-refractivity contribution in [2.24, 2.45) is 0 Å². The van der Waals surface area contributed by atoms with E-state index >= 15 is 0 Å². The van der Waals surface area contributed by atoms with Gasteiger partial charge in [0.05, 0.1) is 23.6 Å². The third-order valence-corrected chi connectivity index (χ3v) is 7.54. The highest BCUT2D eigenvalue weighted by atomic mass is 16.5. The van der Waals surface area contributed by atoms with Crippen LogP contribution in [0, 0.1) is 6.92 Å². The van der Waals surface area contributed by atoms with E-state index in [1.54, 1.807) is 18.3 Å². The number of imidazole rings is 1. The Labute approximate surface area is 216 Å². The van der Waals surface area contributed by atoms with Gasteiger partial charge in [0, 0.05) is 36.6 Å². The number of nitrogens with one attached hydrogen (secondary N) is 1. The molecule has 2 amide bonds. The van der Waals surface area contributed by atoms with Gasteiger partial charge in [-0.25, -0.2) is 4.98 Å². The van der Waals surface area contributed by atoms with Crippen molar-refractivity contribution in [2.75, 3.05) is 36.5 Å². The average Bonchev–Trinajstić information content (AvgIpc) is 3.72. The maximum absolute atomic E-state index is 13.3. The van der Waals surface area contributed by atoms with E-state index < -0.39 is 0 Å². The molecule has 37 heavy (non-hydrogen) atoms. The van der Waals surface area contributed by atoms with Gasteiger partial charge in [-0.3, -0.25) is 19.9 Å². The zero-order valence-corrected chi connectivity index (χ0v) is 21.2. The fourth-order valence-corrected chi connectivity index (χ4v) is 5.63. The summed E-state index contributed by atoms with van der Waals surface area (Å²) in [4.78, 5) is 39.4. The SMILES string of the molecule is C=CC(=O)N1CCCC[C@@H](n2c(NC(=O)c3ccnc(C)c3)nc3ccc4c(c32)N(C2CC2)CCO4)C1. The van der Waals surface area contributed by atoms with Crippen LogP contribution in [0.25, 0.3) is 11.0 Å². The first-order valence-electron chi connectivity index (χ1n) is 13.1. The topological polar surface area (TPSA) is 92.6 Å². The summed E-state index contributed by atoms with van der Waals surface area (Å²) in [7, 11) is 0. The molecule has 1 N–H and O–H groups in total. The number of ether oxygens (including phenoxy) is 1. The quantitative estimate of drug-likeness (QED) is 0.531. The molecule has 1 atom stereocenters. The molecule has 9 heteroatoms. The van der Waals surface area contributed by atoms with Gasteiger partial charge < -0.3 is 19.1 Å². The first-order valence-corrected chi connectivity index (χ1v) is 13.1. The molecule has 2 fully saturated rings. The zero-order chi connectivity index (χ0) is 25.5. The van der Waals surface area contributed by atoms with Gasteiger partial charge in [-0.2, -0.15) is 0 Å². The number of aryl methyl sites for hydroxylation is 1. The predicted octanol–water partition coefficient (Wildman–Crippen LogP) is 4.09.